The third-order valence-electron chi connectivity index (χ3n) is 4.15. The molecule has 1 fully saturated rings. The van der Waals surface area contributed by atoms with Crippen molar-refractivity contribution in [2.45, 2.75) is 38.8 Å². The van der Waals surface area contributed by atoms with Crippen molar-refractivity contribution in [2.24, 2.45) is 11.7 Å². The van der Waals surface area contributed by atoms with Crippen molar-refractivity contribution in [1.82, 2.24) is 4.98 Å². The van der Waals surface area contributed by atoms with E-state index in [4.69, 9.17) is 10.5 Å². The molecule has 1 aliphatic rings. The van der Waals surface area contributed by atoms with Crippen LogP contribution in [-0.4, -0.2) is 31.3 Å². The number of nitrogens with two attached hydrogens (primary N) is 1. The monoisotopic (exact) mass is 263 g/mol. The molecular weight excluding hydrogens is 238 g/mol. The number of rotatable bonds is 4. The molecule has 2 rings (SSSR count). The molecule has 0 aliphatic carbocycles. The number of aromatic nitrogens is 1. The van der Waals surface area contributed by atoms with Crippen molar-refractivity contribution < 1.29 is 4.74 Å². The second kappa shape index (κ2) is 6.35. The summed E-state index contributed by atoms with van der Waals surface area (Å²) in [6.07, 6.45) is 4.33. The molecule has 3 atom stereocenters. The van der Waals surface area contributed by atoms with Crippen molar-refractivity contribution in [1.29, 1.82) is 0 Å². The third-order valence-corrected chi connectivity index (χ3v) is 4.15. The first-order chi connectivity index (χ1) is 9.15. The Morgan fingerprint density at radius 1 is 1.53 bits per heavy atom. The van der Waals surface area contributed by atoms with Gasteiger partial charge < -0.3 is 15.4 Å². The molecule has 19 heavy (non-hydrogen) atoms. The Kier molecular flexibility index (Phi) is 4.77. The molecule has 0 saturated carbocycles. The Morgan fingerprint density at radius 3 is 2.89 bits per heavy atom. The lowest BCUT2D eigenvalue weighted by molar-refractivity contribution is 0.0498. The van der Waals surface area contributed by atoms with Crippen molar-refractivity contribution in [2.75, 3.05) is 25.1 Å². The van der Waals surface area contributed by atoms with Crippen LogP contribution in [-0.2, 0) is 4.74 Å². The minimum atomic E-state index is 0.0437. The van der Waals surface area contributed by atoms with Gasteiger partial charge in [0.1, 0.15) is 0 Å². The topological polar surface area (TPSA) is 51.4 Å². The summed E-state index contributed by atoms with van der Waals surface area (Å²) in [5.41, 5.74) is 8.13. The third kappa shape index (κ3) is 3.25. The van der Waals surface area contributed by atoms with E-state index in [2.05, 4.69) is 29.8 Å². The first kappa shape index (κ1) is 14.3. The van der Waals surface area contributed by atoms with Crippen molar-refractivity contribution in [3.63, 3.8) is 0 Å². The van der Waals surface area contributed by atoms with Gasteiger partial charge in [-0.25, -0.2) is 0 Å². The van der Waals surface area contributed by atoms with Crippen LogP contribution in [0.25, 0.3) is 0 Å². The molecular formula is C15H25N3O. The van der Waals surface area contributed by atoms with E-state index in [-0.39, 0.29) is 6.04 Å². The van der Waals surface area contributed by atoms with Gasteiger partial charge in [0.15, 0.2) is 0 Å². The quantitative estimate of drug-likeness (QED) is 0.906. The second-order valence-corrected chi connectivity index (χ2v) is 5.44. The van der Waals surface area contributed by atoms with E-state index in [1.165, 1.54) is 5.69 Å². The number of nitrogens with zero attached hydrogens (tertiary/aromatic N) is 2. The lowest BCUT2D eigenvalue weighted by atomic mass is 9.95. The minimum Gasteiger partial charge on any atom is -0.379 e. The van der Waals surface area contributed by atoms with Gasteiger partial charge in [-0.05, 0) is 30.9 Å². The number of methoxy groups -OCH3 is 1. The molecule has 0 aromatic carbocycles. The Balaban J connectivity index is 2.06. The standard InChI is InChI=1S/C15H25N3O/c1-4-13(16)14-6-5-12(9-17-14)18-8-7-11(2)15(10-18)19-3/h5-6,9,11,13,15H,4,7-8,10,16H2,1-3H3/t11?,13-,15?/m1/s1. The zero-order valence-corrected chi connectivity index (χ0v) is 12.2. The van der Waals surface area contributed by atoms with E-state index in [1.807, 2.05) is 12.3 Å². The molecule has 2 N–H and O–H groups in total. The summed E-state index contributed by atoms with van der Waals surface area (Å²) in [4.78, 5) is 6.84. The van der Waals surface area contributed by atoms with Crippen LogP contribution in [0.2, 0.25) is 0 Å². The largest absolute Gasteiger partial charge is 0.379 e. The number of piperidine rings is 1. The summed E-state index contributed by atoms with van der Waals surface area (Å²) in [6, 6.07) is 4.21. The highest BCUT2D eigenvalue weighted by Crippen LogP contribution is 2.25. The fourth-order valence-corrected chi connectivity index (χ4v) is 2.59. The Morgan fingerprint density at radius 2 is 2.32 bits per heavy atom. The zero-order valence-electron chi connectivity index (χ0n) is 12.2. The highest BCUT2D eigenvalue weighted by molar-refractivity contribution is 5.45. The van der Waals surface area contributed by atoms with Crippen LogP contribution in [0.5, 0.6) is 0 Å². The van der Waals surface area contributed by atoms with Crippen LogP contribution < -0.4 is 10.6 Å². The van der Waals surface area contributed by atoms with Crippen LogP contribution in [0.3, 0.4) is 0 Å². The summed E-state index contributed by atoms with van der Waals surface area (Å²) < 4.78 is 5.55. The highest BCUT2D eigenvalue weighted by atomic mass is 16.5. The lowest BCUT2D eigenvalue weighted by Gasteiger charge is -2.37. The summed E-state index contributed by atoms with van der Waals surface area (Å²) >= 11 is 0. The maximum atomic E-state index is 5.99. The number of pyridine rings is 1. The molecule has 106 valence electrons. The molecule has 2 unspecified atom stereocenters. The normalized spacial score (nSPS) is 25.4. The Hall–Kier alpha value is -1.13. The van der Waals surface area contributed by atoms with Crippen LogP contribution >= 0.6 is 0 Å². The van der Waals surface area contributed by atoms with Gasteiger partial charge in [0, 0.05) is 26.2 Å². The summed E-state index contributed by atoms with van der Waals surface area (Å²) in [5, 5.41) is 0. The van der Waals surface area contributed by atoms with Crippen molar-refractivity contribution in [3.05, 3.63) is 24.0 Å². The van der Waals surface area contributed by atoms with Gasteiger partial charge in [0.05, 0.1) is 23.7 Å². The van der Waals surface area contributed by atoms with Gasteiger partial charge in [0.25, 0.3) is 0 Å². The second-order valence-electron chi connectivity index (χ2n) is 5.44. The van der Waals surface area contributed by atoms with Crippen molar-refractivity contribution >= 4 is 5.69 Å². The smallest absolute Gasteiger partial charge is 0.0772 e. The van der Waals surface area contributed by atoms with Crippen LogP contribution in [0.1, 0.15) is 38.4 Å². The Labute approximate surface area is 116 Å². The van der Waals surface area contributed by atoms with Crippen LogP contribution in [0, 0.1) is 5.92 Å². The first-order valence-electron chi connectivity index (χ1n) is 7.15. The van der Waals surface area contributed by atoms with E-state index < -0.39 is 0 Å². The van der Waals surface area contributed by atoms with Crippen LogP contribution in [0.15, 0.2) is 18.3 Å². The average molecular weight is 263 g/mol. The molecule has 0 bridgehead atoms. The molecule has 1 saturated heterocycles. The van der Waals surface area contributed by atoms with E-state index in [9.17, 15) is 0 Å². The van der Waals surface area contributed by atoms with E-state index in [0.717, 1.165) is 31.6 Å². The molecule has 0 amide bonds. The van der Waals surface area contributed by atoms with Gasteiger partial charge in [-0.15, -0.1) is 0 Å². The van der Waals surface area contributed by atoms with Gasteiger partial charge in [0.2, 0.25) is 0 Å². The first-order valence-corrected chi connectivity index (χ1v) is 7.15. The molecule has 1 aromatic heterocycles. The molecule has 1 aliphatic heterocycles. The molecule has 4 heteroatoms. The van der Waals surface area contributed by atoms with Gasteiger partial charge >= 0.3 is 0 Å². The zero-order chi connectivity index (χ0) is 13.8. The highest BCUT2D eigenvalue weighted by Gasteiger charge is 2.26. The molecule has 0 spiro atoms. The maximum absolute atomic E-state index is 5.99. The number of anilines is 1. The molecule has 1 aromatic rings. The average Bonchev–Trinajstić information content (AvgIpc) is 2.47. The maximum Gasteiger partial charge on any atom is 0.0772 e. The number of hydrogen-bond donors (Lipinski definition) is 1. The van der Waals surface area contributed by atoms with E-state index >= 15 is 0 Å². The number of ether oxygens (including phenoxy) is 1. The summed E-state index contributed by atoms with van der Waals surface area (Å²) in [6.45, 7) is 6.35. The van der Waals surface area contributed by atoms with Gasteiger partial charge in [-0.1, -0.05) is 13.8 Å². The SMILES string of the molecule is CC[C@@H](N)c1ccc(N2CCC(C)C(OC)C2)cn1. The molecule has 4 nitrogen and oxygen atoms in total. The van der Waals surface area contributed by atoms with Gasteiger partial charge in [-0.2, -0.15) is 0 Å². The lowest BCUT2D eigenvalue weighted by Crippen LogP contribution is -2.44. The predicted molar refractivity (Wildman–Crippen MR) is 78.2 cm³/mol. The van der Waals surface area contributed by atoms with Gasteiger partial charge in [-0.3, -0.25) is 4.98 Å². The number of hydrogen-bond acceptors (Lipinski definition) is 4. The Bertz CT molecular complexity index is 393. The fourth-order valence-electron chi connectivity index (χ4n) is 2.59. The van der Waals surface area contributed by atoms with Crippen molar-refractivity contribution in [3.8, 4) is 0 Å². The van der Waals surface area contributed by atoms with Crippen LogP contribution in [0.4, 0.5) is 5.69 Å². The van der Waals surface area contributed by atoms with E-state index in [1.54, 1.807) is 7.11 Å². The fraction of sp³-hybridized carbons (Fsp3) is 0.667. The molecule has 0 radical (unpaired) electrons. The predicted octanol–water partition coefficient (Wildman–Crippen LogP) is 2.35. The van der Waals surface area contributed by atoms with E-state index in [0.29, 0.717) is 12.0 Å². The summed E-state index contributed by atoms with van der Waals surface area (Å²) in [7, 11) is 1.80. The minimum absolute atomic E-state index is 0.0437. The molecule has 2 heterocycles. The summed E-state index contributed by atoms with van der Waals surface area (Å²) in [5.74, 6) is 0.627.